The lowest BCUT2D eigenvalue weighted by Gasteiger charge is -2.04. The van der Waals surface area contributed by atoms with Gasteiger partial charge in [0.15, 0.2) is 5.13 Å². The number of halogens is 2. The van der Waals surface area contributed by atoms with Crippen molar-refractivity contribution in [2.45, 2.75) is 18.2 Å². The number of nitrogens with zero attached hydrogens (tertiary/aromatic N) is 1. The molecule has 1 amide bonds. The predicted molar refractivity (Wildman–Crippen MR) is 71.2 cm³/mol. The molecule has 1 atom stereocenters. The van der Waals surface area contributed by atoms with E-state index in [1.165, 1.54) is 17.4 Å². The molecule has 2 rings (SSSR count). The Labute approximate surface area is 110 Å². The quantitative estimate of drug-likeness (QED) is 0.880. The number of nitrogens with one attached hydrogen (secondary N) is 1. The first kappa shape index (κ1) is 12.4. The van der Waals surface area contributed by atoms with Crippen LogP contribution in [0, 0.1) is 5.82 Å². The van der Waals surface area contributed by atoms with Gasteiger partial charge in [0.2, 0.25) is 5.91 Å². The third-order valence-corrected chi connectivity index (χ3v) is 4.24. The molecule has 0 saturated carbocycles. The molecule has 1 N–H and O–H groups in total. The van der Waals surface area contributed by atoms with Gasteiger partial charge in [-0.15, -0.1) is 0 Å². The lowest BCUT2D eigenvalue weighted by molar-refractivity contribution is -0.115. The number of hydrogen-bond donors (Lipinski definition) is 1. The summed E-state index contributed by atoms with van der Waals surface area (Å²) in [5.41, 5.74) is 0.301. The molecule has 1 aromatic carbocycles. The number of thiazole rings is 1. The summed E-state index contributed by atoms with van der Waals surface area (Å²) >= 11 is 4.51. The molecule has 0 spiro atoms. The molecule has 0 fully saturated rings. The van der Waals surface area contributed by atoms with Crippen LogP contribution in [0.15, 0.2) is 18.2 Å². The van der Waals surface area contributed by atoms with Crippen LogP contribution >= 0.6 is 27.3 Å². The lowest BCUT2D eigenvalue weighted by atomic mass is 10.3. The molecule has 90 valence electrons. The summed E-state index contributed by atoms with van der Waals surface area (Å²) in [7, 11) is 0. The number of fused-ring (bicyclic) bond motifs is 1. The number of carbonyl (C=O) groups is 1. The highest BCUT2D eigenvalue weighted by atomic mass is 79.9. The maximum absolute atomic E-state index is 13.4. The average Bonchev–Trinajstić information content (AvgIpc) is 2.72. The summed E-state index contributed by atoms with van der Waals surface area (Å²) in [5.74, 6) is -0.530. The molecule has 6 heteroatoms. The van der Waals surface area contributed by atoms with E-state index in [4.69, 9.17) is 0 Å². The van der Waals surface area contributed by atoms with E-state index < -0.39 is 0 Å². The van der Waals surface area contributed by atoms with E-state index in [0.717, 1.165) is 4.70 Å². The van der Waals surface area contributed by atoms with Crippen molar-refractivity contribution in [3.8, 4) is 0 Å². The third-order valence-electron chi connectivity index (χ3n) is 2.24. The number of rotatable bonds is 3. The average molecular weight is 317 g/mol. The lowest BCUT2D eigenvalue weighted by Crippen LogP contribution is -2.21. The second-order valence-corrected chi connectivity index (χ2v) is 5.61. The van der Waals surface area contributed by atoms with Crippen molar-refractivity contribution in [2.75, 3.05) is 5.32 Å². The van der Waals surface area contributed by atoms with Gasteiger partial charge in [0.05, 0.1) is 9.53 Å². The number of para-hydroxylation sites is 1. The minimum Gasteiger partial charge on any atom is -0.301 e. The van der Waals surface area contributed by atoms with E-state index in [1.807, 2.05) is 6.92 Å². The second-order valence-electron chi connectivity index (χ2n) is 3.47. The van der Waals surface area contributed by atoms with Gasteiger partial charge in [0, 0.05) is 0 Å². The molecule has 0 bridgehead atoms. The number of benzene rings is 1. The van der Waals surface area contributed by atoms with Gasteiger partial charge in [-0.05, 0) is 18.6 Å². The van der Waals surface area contributed by atoms with E-state index in [1.54, 1.807) is 12.1 Å². The molecular weight excluding hydrogens is 307 g/mol. The van der Waals surface area contributed by atoms with E-state index in [0.29, 0.717) is 17.1 Å². The molecule has 0 aliphatic rings. The zero-order chi connectivity index (χ0) is 12.4. The molecule has 0 unspecified atom stereocenters. The first-order valence-electron chi connectivity index (χ1n) is 5.11. The van der Waals surface area contributed by atoms with Crippen LogP contribution < -0.4 is 5.32 Å². The third kappa shape index (κ3) is 2.63. The van der Waals surface area contributed by atoms with Crippen molar-refractivity contribution >= 4 is 48.5 Å². The van der Waals surface area contributed by atoms with Gasteiger partial charge in [-0.3, -0.25) is 4.79 Å². The minimum atomic E-state index is -0.370. The highest BCUT2D eigenvalue weighted by Gasteiger charge is 2.15. The summed E-state index contributed by atoms with van der Waals surface area (Å²) < 4.78 is 14.1. The Morgan fingerprint density at radius 1 is 1.65 bits per heavy atom. The zero-order valence-corrected chi connectivity index (χ0v) is 11.4. The Hall–Kier alpha value is -1.01. The van der Waals surface area contributed by atoms with Gasteiger partial charge in [0.1, 0.15) is 11.3 Å². The first-order chi connectivity index (χ1) is 8.11. The van der Waals surface area contributed by atoms with Crippen molar-refractivity contribution in [1.82, 2.24) is 4.98 Å². The maximum atomic E-state index is 13.4. The number of carbonyl (C=O) groups excluding carboxylic acids is 1. The molecule has 0 saturated heterocycles. The summed E-state index contributed by atoms with van der Waals surface area (Å²) in [6.45, 7) is 1.90. The molecule has 17 heavy (non-hydrogen) atoms. The van der Waals surface area contributed by atoms with Gasteiger partial charge in [-0.25, -0.2) is 9.37 Å². The van der Waals surface area contributed by atoms with Crippen molar-refractivity contribution in [3.63, 3.8) is 0 Å². The monoisotopic (exact) mass is 316 g/mol. The Bertz CT molecular complexity index is 557. The summed E-state index contributed by atoms with van der Waals surface area (Å²) in [4.78, 5) is 15.4. The molecule has 0 aliphatic carbocycles. The largest absolute Gasteiger partial charge is 0.301 e. The summed E-state index contributed by atoms with van der Waals surface area (Å²) in [6, 6.07) is 4.75. The van der Waals surface area contributed by atoms with E-state index in [2.05, 4.69) is 26.2 Å². The molecule has 0 radical (unpaired) electrons. The standard InChI is InChI=1S/C11H10BrFN2OS/c1-2-6(12)10(16)15-11-14-9-7(13)4-3-5-8(9)17-11/h3-6H,2H2,1H3,(H,14,15,16)/t6-/m0/s1. The fourth-order valence-electron chi connectivity index (χ4n) is 1.34. The van der Waals surface area contributed by atoms with E-state index >= 15 is 0 Å². The fraction of sp³-hybridized carbons (Fsp3) is 0.273. The molecule has 2 aromatic rings. The Balaban J connectivity index is 2.26. The van der Waals surface area contributed by atoms with E-state index in [9.17, 15) is 9.18 Å². The van der Waals surface area contributed by atoms with Crippen molar-refractivity contribution < 1.29 is 9.18 Å². The van der Waals surface area contributed by atoms with Gasteiger partial charge >= 0.3 is 0 Å². The molecule has 3 nitrogen and oxygen atoms in total. The van der Waals surface area contributed by atoms with E-state index in [-0.39, 0.29) is 16.6 Å². The fourth-order valence-corrected chi connectivity index (χ4v) is 2.34. The number of alkyl halides is 1. The van der Waals surface area contributed by atoms with Gasteiger partial charge < -0.3 is 5.32 Å². The highest BCUT2D eigenvalue weighted by molar-refractivity contribution is 9.10. The van der Waals surface area contributed by atoms with Gasteiger partial charge in [0.25, 0.3) is 0 Å². The minimum absolute atomic E-state index is 0.160. The Morgan fingerprint density at radius 3 is 3.06 bits per heavy atom. The predicted octanol–water partition coefficient (Wildman–Crippen LogP) is 3.55. The first-order valence-corrected chi connectivity index (χ1v) is 6.85. The van der Waals surface area contributed by atoms with Crippen LogP contribution in [0.1, 0.15) is 13.3 Å². The van der Waals surface area contributed by atoms with Crippen LogP contribution in [-0.4, -0.2) is 15.7 Å². The highest BCUT2D eigenvalue weighted by Crippen LogP contribution is 2.27. The molecule has 1 heterocycles. The molecular formula is C11H10BrFN2OS. The number of hydrogen-bond acceptors (Lipinski definition) is 3. The number of aromatic nitrogens is 1. The van der Waals surface area contributed by atoms with Gasteiger partial charge in [-0.1, -0.05) is 40.3 Å². The number of amides is 1. The topological polar surface area (TPSA) is 42.0 Å². The molecule has 1 aromatic heterocycles. The smallest absolute Gasteiger partial charge is 0.239 e. The Morgan fingerprint density at radius 2 is 2.41 bits per heavy atom. The molecule has 0 aliphatic heterocycles. The summed E-state index contributed by atoms with van der Waals surface area (Å²) in [6.07, 6.45) is 0.686. The van der Waals surface area contributed by atoms with Crippen LogP contribution in [0.5, 0.6) is 0 Å². The van der Waals surface area contributed by atoms with Crippen LogP contribution in [0.2, 0.25) is 0 Å². The second kappa shape index (κ2) is 5.10. The van der Waals surface area contributed by atoms with Crippen molar-refractivity contribution in [1.29, 1.82) is 0 Å². The van der Waals surface area contributed by atoms with Crippen LogP contribution in [0.4, 0.5) is 9.52 Å². The van der Waals surface area contributed by atoms with Crippen LogP contribution in [-0.2, 0) is 4.79 Å². The summed E-state index contributed by atoms with van der Waals surface area (Å²) in [5, 5.41) is 3.09. The van der Waals surface area contributed by atoms with Gasteiger partial charge in [-0.2, -0.15) is 0 Å². The van der Waals surface area contributed by atoms with Crippen LogP contribution in [0.25, 0.3) is 10.2 Å². The van der Waals surface area contributed by atoms with Crippen molar-refractivity contribution in [2.24, 2.45) is 0 Å². The Kier molecular flexibility index (Phi) is 3.73. The maximum Gasteiger partial charge on any atom is 0.239 e. The van der Waals surface area contributed by atoms with Crippen LogP contribution in [0.3, 0.4) is 0 Å². The number of anilines is 1. The normalized spacial score (nSPS) is 12.6. The van der Waals surface area contributed by atoms with Crippen molar-refractivity contribution in [3.05, 3.63) is 24.0 Å². The SMILES string of the molecule is CC[C@H](Br)C(=O)Nc1nc2c(F)cccc2s1. The zero-order valence-electron chi connectivity index (χ0n) is 9.04.